The van der Waals surface area contributed by atoms with E-state index in [0.717, 1.165) is 22.3 Å². The topological polar surface area (TPSA) is 108 Å². The van der Waals surface area contributed by atoms with Gasteiger partial charge in [0.1, 0.15) is 23.0 Å². The normalized spacial score (nSPS) is 24.7. The van der Waals surface area contributed by atoms with Crippen LogP contribution >= 0.6 is 12.2 Å². The molecule has 7 nitrogen and oxygen atoms in total. The summed E-state index contributed by atoms with van der Waals surface area (Å²) in [7, 11) is 0. The van der Waals surface area contributed by atoms with Crippen LogP contribution in [-0.4, -0.2) is 49.8 Å². The van der Waals surface area contributed by atoms with Gasteiger partial charge in [-0.15, -0.1) is 0 Å². The molecule has 1 aromatic heterocycles. The maximum absolute atomic E-state index is 12.8. The highest BCUT2D eigenvalue weighted by Gasteiger charge is 2.44. The molecule has 0 unspecified atom stereocenters. The third kappa shape index (κ3) is 3.37. The molecule has 2 aromatic carbocycles. The van der Waals surface area contributed by atoms with Crippen molar-refractivity contribution < 1.29 is 20.1 Å². The zero-order valence-electron chi connectivity index (χ0n) is 17.0. The smallest absolute Gasteiger partial charge is 0.328 e. The van der Waals surface area contributed by atoms with E-state index in [1.165, 1.54) is 4.57 Å². The summed E-state index contributed by atoms with van der Waals surface area (Å²) in [5.41, 5.74) is 4.23. The van der Waals surface area contributed by atoms with Crippen LogP contribution in [0.25, 0.3) is 12.2 Å². The number of hydrogen-bond donors (Lipinski definition) is 4. The van der Waals surface area contributed by atoms with Crippen molar-refractivity contribution >= 4 is 24.4 Å². The maximum atomic E-state index is 12.8. The van der Waals surface area contributed by atoms with Crippen LogP contribution < -0.4 is 5.69 Å². The number of fused-ring (bicyclic) bond motifs is 2. The molecule has 1 aliphatic heterocycles. The van der Waals surface area contributed by atoms with Crippen molar-refractivity contribution in [1.82, 2.24) is 9.55 Å². The number of hydrogen-bond acceptors (Lipinski definition) is 6. The second-order valence-electron chi connectivity index (χ2n) is 8.00. The molecular weight excluding hydrogens is 428 g/mol. The largest absolute Gasteiger partial charge is 0.394 e. The Bertz CT molecular complexity index is 1260. The van der Waals surface area contributed by atoms with Gasteiger partial charge in [0, 0.05) is 17.7 Å². The summed E-state index contributed by atoms with van der Waals surface area (Å²) in [6, 6.07) is 16.0. The number of nitrogens with one attached hydrogen (secondary N) is 1. The van der Waals surface area contributed by atoms with Crippen LogP contribution in [0, 0.1) is 4.64 Å². The van der Waals surface area contributed by atoms with E-state index in [1.807, 2.05) is 48.5 Å². The van der Waals surface area contributed by atoms with Crippen LogP contribution in [0.5, 0.6) is 0 Å². The van der Waals surface area contributed by atoms with E-state index >= 15 is 0 Å². The maximum Gasteiger partial charge on any atom is 0.328 e. The Morgan fingerprint density at radius 2 is 1.53 bits per heavy atom. The number of benzene rings is 2. The number of aromatic nitrogens is 2. The lowest BCUT2D eigenvalue weighted by Gasteiger charge is -2.24. The molecule has 1 saturated heterocycles. The summed E-state index contributed by atoms with van der Waals surface area (Å²) in [5, 5.41) is 30.1. The van der Waals surface area contributed by atoms with Gasteiger partial charge in [0.25, 0.3) is 0 Å². The number of rotatable bonds is 3. The lowest BCUT2D eigenvalue weighted by atomic mass is 9.83. The Balaban J connectivity index is 1.71. The first-order chi connectivity index (χ1) is 15.5. The van der Waals surface area contributed by atoms with Crippen molar-refractivity contribution in [1.29, 1.82) is 0 Å². The molecule has 5 rings (SSSR count). The van der Waals surface area contributed by atoms with E-state index in [2.05, 4.69) is 17.1 Å². The average molecular weight is 451 g/mol. The number of ether oxygens (including phenoxy) is 1. The van der Waals surface area contributed by atoms with Gasteiger partial charge in [-0.1, -0.05) is 72.9 Å². The fourth-order valence-electron chi connectivity index (χ4n) is 4.54. The van der Waals surface area contributed by atoms with E-state index in [-0.39, 0.29) is 10.6 Å². The molecule has 4 atom stereocenters. The molecule has 0 spiro atoms. The van der Waals surface area contributed by atoms with Crippen LogP contribution in [0.15, 0.2) is 59.5 Å². The lowest BCUT2D eigenvalue weighted by molar-refractivity contribution is -0.0551. The Morgan fingerprint density at radius 3 is 2.09 bits per heavy atom. The minimum Gasteiger partial charge on any atom is -0.394 e. The zero-order valence-corrected chi connectivity index (χ0v) is 17.8. The molecule has 0 radical (unpaired) electrons. The van der Waals surface area contributed by atoms with Crippen LogP contribution in [0.3, 0.4) is 0 Å². The van der Waals surface area contributed by atoms with Gasteiger partial charge < -0.3 is 20.1 Å². The van der Waals surface area contributed by atoms with E-state index in [4.69, 9.17) is 17.0 Å². The number of aliphatic hydroxyl groups excluding tert-OH is 3. The Hall–Kier alpha value is -2.88. The molecule has 2 aliphatic rings. The molecule has 3 aromatic rings. The van der Waals surface area contributed by atoms with Crippen LogP contribution in [0.2, 0.25) is 0 Å². The fraction of sp³-hybridized carbons (Fsp3) is 0.250. The molecule has 1 fully saturated rings. The average Bonchev–Trinajstić information content (AvgIpc) is 2.99. The standard InChI is InChI=1S/C24H22N2O5S/c27-12-18-20(28)21(29)23(31-18)26-11-17(22(32)25-24(26)30)19-15-7-3-1-5-13(15)9-10-14-6-2-4-8-16(14)19/h1-11,18-21,23,27-29H,12H2,(H,25,30,32)/t18-,20-,21-,23-/m1/s1. The second kappa shape index (κ2) is 8.23. The number of aliphatic hydroxyl groups is 3. The molecule has 0 amide bonds. The van der Waals surface area contributed by atoms with Crippen LogP contribution in [0.1, 0.15) is 40.0 Å². The Morgan fingerprint density at radius 1 is 0.938 bits per heavy atom. The molecule has 0 bridgehead atoms. The monoisotopic (exact) mass is 450 g/mol. The summed E-state index contributed by atoms with van der Waals surface area (Å²) in [5.74, 6) is -0.273. The van der Waals surface area contributed by atoms with Crippen molar-refractivity contribution in [3.8, 4) is 0 Å². The minimum atomic E-state index is -1.38. The quantitative estimate of drug-likeness (QED) is 0.357. The summed E-state index contributed by atoms with van der Waals surface area (Å²) in [6.45, 7) is -0.478. The highest BCUT2D eigenvalue weighted by atomic mass is 32.1. The molecule has 0 saturated carbocycles. The third-order valence-corrected chi connectivity index (χ3v) is 6.49. The van der Waals surface area contributed by atoms with Gasteiger partial charge in [0.05, 0.1) is 6.61 Å². The van der Waals surface area contributed by atoms with E-state index in [1.54, 1.807) is 6.20 Å². The predicted molar refractivity (Wildman–Crippen MR) is 122 cm³/mol. The van der Waals surface area contributed by atoms with Gasteiger partial charge in [-0.25, -0.2) is 4.79 Å². The van der Waals surface area contributed by atoms with E-state index < -0.39 is 36.8 Å². The van der Waals surface area contributed by atoms with Gasteiger partial charge in [0.15, 0.2) is 6.23 Å². The molecule has 2 heterocycles. The highest BCUT2D eigenvalue weighted by molar-refractivity contribution is 7.71. The van der Waals surface area contributed by atoms with E-state index in [9.17, 15) is 20.1 Å². The molecular formula is C24H22N2O5S. The summed E-state index contributed by atoms with van der Waals surface area (Å²) in [6.07, 6.45) is 0.869. The lowest BCUT2D eigenvalue weighted by Crippen LogP contribution is -2.36. The first-order valence-corrected chi connectivity index (χ1v) is 10.7. The Labute approximate surface area is 188 Å². The predicted octanol–water partition coefficient (Wildman–Crippen LogP) is 2.18. The van der Waals surface area contributed by atoms with Gasteiger partial charge >= 0.3 is 5.69 Å². The van der Waals surface area contributed by atoms with Crippen molar-refractivity contribution in [2.45, 2.75) is 30.5 Å². The van der Waals surface area contributed by atoms with Crippen molar-refractivity contribution in [3.05, 3.63) is 97.7 Å². The van der Waals surface area contributed by atoms with Crippen LogP contribution in [0.4, 0.5) is 0 Å². The van der Waals surface area contributed by atoms with Crippen molar-refractivity contribution in [2.75, 3.05) is 6.61 Å². The fourth-order valence-corrected chi connectivity index (χ4v) is 4.80. The summed E-state index contributed by atoms with van der Waals surface area (Å²) < 4.78 is 7.09. The second-order valence-corrected chi connectivity index (χ2v) is 8.41. The molecule has 4 N–H and O–H groups in total. The summed E-state index contributed by atoms with van der Waals surface area (Å²) >= 11 is 5.57. The Kier molecular flexibility index (Phi) is 5.40. The first kappa shape index (κ1) is 21.0. The molecule has 1 aliphatic carbocycles. The highest BCUT2D eigenvalue weighted by Crippen LogP contribution is 2.39. The molecule has 32 heavy (non-hydrogen) atoms. The van der Waals surface area contributed by atoms with Crippen molar-refractivity contribution in [2.24, 2.45) is 0 Å². The number of H-pyrrole nitrogens is 1. The van der Waals surface area contributed by atoms with Gasteiger partial charge in [-0.05, 0) is 22.3 Å². The molecule has 8 heteroatoms. The van der Waals surface area contributed by atoms with Gasteiger partial charge in [0.2, 0.25) is 0 Å². The zero-order chi connectivity index (χ0) is 22.4. The minimum absolute atomic E-state index is 0.273. The van der Waals surface area contributed by atoms with Crippen molar-refractivity contribution in [3.63, 3.8) is 0 Å². The molecule has 164 valence electrons. The van der Waals surface area contributed by atoms with Crippen LogP contribution in [-0.2, 0) is 4.74 Å². The first-order valence-electron chi connectivity index (χ1n) is 10.3. The summed E-state index contributed by atoms with van der Waals surface area (Å²) in [4.78, 5) is 15.5. The number of nitrogens with zero attached hydrogens (tertiary/aromatic N) is 1. The SMILES string of the molecule is O=c1[nH]c(=S)c(C2c3ccccc3C=Cc3ccccc32)cn1[C@@H]1O[C@H](CO)[C@@H](O)[C@H]1O. The van der Waals surface area contributed by atoms with Gasteiger partial charge in [-0.2, -0.15) is 0 Å². The third-order valence-electron chi connectivity index (χ3n) is 6.15. The van der Waals surface area contributed by atoms with Gasteiger partial charge in [-0.3, -0.25) is 9.55 Å². The number of aromatic amines is 1. The van der Waals surface area contributed by atoms with E-state index in [0.29, 0.717) is 5.56 Å².